The number of aromatic nitrogens is 1. The zero-order chi connectivity index (χ0) is 21.2. The average molecular weight is 415 g/mol. The van der Waals surface area contributed by atoms with Gasteiger partial charge in [-0.05, 0) is 48.2 Å². The number of rotatable bonds is 4. The van der Waals surface area contributed by atoms with Gasteiger partial charge in [0.25, 0.3) is 5.91 Å². The molecule has 0 spiro atoms. The normalized spacial score (nSPS) is 17.1. The molecular formula is C25H25N3O3. The highest BCUT2D eigenvalue weighted by Crippen LogP contribution is 2.33. The first-order valence-corrected chi connectivity index (χ1v) is 10.9. The molecule has 2 aromatic carbocycles. The Hall–Kier alpha value is -3.30. The van der Waals surface area contributed by atoms with Crippen molar-refractivity contribution in [1.29, 1.82) is 5.26 Å². The van der Waals surface area contributed by atoms with Crippen LogP contribution < -0.4 is 4.74 Å². The highest BCUT2D eigenvalue weighted by molar-refractivity contribution is 6.03. The van der Waals surface area contributed by atoms with Gasteiger partial charge in [-0.1, -0.05) is 18.2 Å². The van der Waals surface area contributed by atoms with Crippen LogP contribution in [-0.4, -0.2) is 48.2 Å². The van der Waals surface area contributed by atoms with Crippen LogP contribution in [0.15, 0.2) is 42.5 Å². The Kier molecular flexibility index (Phi) is 5.35. The quantitative estimate of drug-likeness (QED) is 0.680. The van der Waals surface area contributed by atoms with E-state index >= 15 is 0 Å². The van der Waals surface area contributed by atoms with Gasteiger partial charge >= 0.3 is 0 Å². The van der Waals surface area contributed by atoms with Crippen LogP contribution in [0.4, 0.5) is 0 Å². The van der Waals surface area contributed by atoms with Crippen LogP contribution in [0.1, 0.15) is 41.7 Å². The van der Waals surface area contributed by atoms with Crippen molar-refractivity contribution in [3.63, 3.8) is 0 Å². The molecule has 1 aromatic heterocycles. The van der Waals surface area contributed by atoms with E-state index in [1.165, 1.54) is 0 Å². The summed E-state index contributed by atoms with van der Waals surface area (Å²) in [5, 5.41) is 10.7. The van der Waals surface area contributed by atoms with E-state index in [1.54, 1.807) is 0 Å². The van der Waals surface area contributed by atoms with Crippen LogP contribution in [0.2, 0.25) is 0 Å². The van der Waals surface area contributed by atoms with Gasteiger partial charge in [-0.25, -0.2) is 0 Å². The summed E-state index contributed by atoms with van der Waals surface area (Å²) >= 11 is 0. The average Bonchev–Trinajstić information content (AvgIpc) is 3.49. The fraction of sp³-hybridized carbons (Fsp3) is 0.360. The molecule has 0 saturated carbocycles. The fourth-order valence-corrected chi connectivity index (χ4v) is 4.47. The van der Waals surface area contributed by atoms with E-state index in [0.717, 1.165) is 60.8 Å². The Morgan fingerprint density at radius 3 is 2.71 bits per heavy atom. The van der Waals surface area contributed by atoms with Crippen molar-refractivity contribution in [3.05, 3.63) is 53.7 Å². The molecule has 2 fully saturated rings. The second-order valence-corrected chi connectivity index (χ2v) is 8.20. The van der Waals surface area contributed by atoms with Crippen molar-refractivity contribution < 1.29 is 14.3 Å². The van der Waals surface area contributed by atoms with Crippen LogP contribution in [0.25, 0.3) is 22.0 Å². The van der Waals surface area contributed by atoms with Crippen LogP contribution in [0.5, 0.6) is 5.75 Å². The van der Waals surface area contributed by atoms with E-state index in [1.807, 2.05) is 47.4 Å². The number of fused-ring (bicyclic) bond motifs is 1. The molecule has 0 atom stereocenters. The van der Waals surface area contributed by atoms with Gasteiger partial charge in [0.15, 0.2) is 0 Å². The predicted molar refractivity (Wildman–Crippen MR) is 118 cm³/mol. The van der Waals surface area contributed by atoms with Crippen molar-refractivity contribution in [3.8, 4) is 22.9 Å². The van der Waals surface area contributed by atoms with E-state index in [9.17, 15) is 10.1 Å². The number of likely N-dealkylation sites (tertiary alicyclic amines) is 1. The van der Waals surface area contributed by atoms with Gasteiger partial charge in [0, 0.05) is 36.8 Å². The van der Waals surface area contributed by atoms with Gasteiger partial charge in [0.1, 0.15) is 23.6 Å². The van der Waals surface area contributed by atoms with Gasteiger partial charge in [0.2, 0.25) is 0 Å². The number of hydrogen-bond acceptors (Lipinski definition) is 4. The molecular weight excluding hydrogens is 390 g/mol. The molecule has 6 nitrogen and oxygen atoms in total. The first kappa shape index (κ1) is 19.7. The first-order valence-electron chi connectivity index (χ1n) is 10.9. The number of carbonyl (C=O) groups is 1. The number of aromatic amines is 1. The van der Waals surface area contributed by atoms with Crippen molar-refractivity contribution in [2.45, 2.75) is 31.8 Å². The minimum atomic E-state index is 0.0533. The highest BCUT2D eigenvalue weighted by atomic mass is 16.5. The number of benzene rings is 2. The third-order valence-electron chi connectivity index (χ3n) is 6.16. The molecule has 0 aliphatic carbocycles. The van der Waals surface area contributed by atoms with Crippen LogP contribution >= 0.6 is 0 Å². The van der Waals surface area contributed by atoms with E-state index in [0.29, 0.717) is 30.2 Å². The molecule has 0 unspecified atom stereocenters. The number of hydrogen-bond donors (Lipinski definition) is 1. The molecule has 1 N–H and O–H groups in total. The summed E-state index contributed by atoms with van der Waals surface area (Å²) in [6.07, 6.45) is 3.89. The Balaban J connectivity index is 1.47. The molecule has 2 aliphatic heterocycles. The summed E-state index contributed by atoms with van der Waals surface area (Å²) in [6, 6.07) is 15.9. The molecule has 0 bridgehead atoms. The highest BCUT2D eigenvalue weighted by Gasteiger charge is 2.22. The lowest BCUT2D eigenvalue weighted by atomic mass is 9.99. The molecule has 6 heteroatoms. The number of nitriles is 1. The SMILES string of the molecule is N#Cc1cc(-c2cccc3[nH]c(C(=O)N4CCCC4)cc23)ccc1OC1CCOCC1. The second-order valence-electron chi connectivity index (χ2n) is 8.20. The molecule has 1 amide bonds. The van der Waals surface area contributed by atoms with Gasteiger partial charge in [-0.2, -0.15) is 5.26 Å². The third kappa shape index (κ3) is 3.89. The van der Waals surface area contributed by atoms with Crippen molar-refractivity contribution in [1.82, 2.24) is 9.88 Å². The minimum Gasteiger partial charge on any atom is -0.489 e. The molecule has 31 heavy (non-hydrogen) atoms. The van der Waals surface area contributed by atoms with Crippen molar-refractivity contribution in [2.24, 2.45) is 0 Å². The smallest absolute Gasteiger partial charge is 0.270 e. The number of nitrogens with zero attached hydrogens (tertiary/aromatic N) is 2. The van der Waals surface area contributed by atoms with Crippen LogP contribution in [0.3, 0.4) is 0 Å². The van der Waals surface area contributed by atoms with Crippen molar-refractivity contribution >= 4 is 16.8 Å². The molecule has 2 saturated heterocycles. The zero-order valence-electron chi connectivity index (χ0n) is 17.4. The van der Waals surface area contributed by atoms with E-state index in [-0.39, 0.29) is 12.0 Å². The zero-order valence-corrected chi connectivity index (χ0v) is 17.4. The maximum absolute atomic E-state index is 12.8. The summed E-state index contributed by atoms with van der Waals surface area (Å²) < 4.78 is 11.5. The molecule has 3 heterocycles. The minimum absolute atomic E-state index is 0.0533. The molecule has 0 radical (unpaired) electrons. The van der Waals surface area contributed by atoms with Crippen LogP contribution in [0, 0.1) is 11.3 Å². The predicted octanol–water partition coefficient (Wildman–Crippen LogP) is 4.50. The summed E-state index contributed by atoms with van der Waals surface area (Å²) in [4.78, 5) is 18.0. The number of ether oxygens (including phenoxy) is 2. The maximum atomic E-state index is 12.8. The summed E-state index contributed by atoms with van der Waals surface area (Å²) in [6.45, 7) is 3.03. The number of H-pyrrole nitrogens is 1. The summed E-state index contributed by atoms with van der Waals surface area (Å²) in [5.74, 6) is 0.668. The van der Waals surface area contributed by atoms with E-state index < -0.39 is 0 Å². The number of carbonyl (C=O) groups excluding carboxylic acids is 1. The van der Waals surface area contributed by atoms with Gasteiger partial charge in [-0.3, -0.25) is 4.79 Å². The van der Waals surface area contributed by atoms with Gasteiger partial charge < -0.3 is 19.4 Å². The maximum Gasteiger partial charge on any atom is 0.270 e. The Morgan fingerprint density at radius 2 is 1.94 bits per heavy atom. The number of amides is 1. The largest absolute Gasteiger partial charge is 0.489 e. The standard InChI is InChI=1S/C25H25N3O3/c26-16-18-14-17(6-7-24(18)31-19-8-12-30-13-9-19)20-4-3-5-22-21(20)15-23(27-22)25(29)28-10-1-2-11-28/h3-7,14-15,19,27H,1-2,8-13H2. The molecule has 5 rings (SSSR count). The van der Waals surface area contributed by atoms with Gasteiger partial charge in [-0.15, -0.1) is 0 Å². The summed E-state index contributed by atoms with van der Waals surface area (Å²) in [5.41, 5.74) is 3.97. The molecule has 158 valence electrons. The Labute approximate surface area is 181 Å². The number of nitrogens with one attached hydrogen (secondary N) is 1. The van der Waals surface area contributed by atoms with Gasteiger partial charge in [0.05, 0.1) is 18.8 Å². The molecule has 2 aliphatic rings. The third-order valence-corrected chi connectivity index (χ3v) is 6.16. The topological polar surface area (TPSA) is 78.4 Å². The Morgan fingerprint density at radius 1 is 1.13 bits per heavy atom. The monoisotopic (exact) mass is 415 g/mol. The lowest BCUT2D eigenvalue weighted by Gasteiger charge is -2.24. The van der Waals surface area contributed by atoms with E-state index in [4.69, 9.17) is 9.47 Å². The lowest BCUT2D eigenvalue weighted by Crippen LogP contribution is -2.27. The van der Waals surface area contributed by atoms with E-state index in [2.05, 4.69) is 11.1 Å². The summed E-state index contributed by atoms with van der Waals surface area (Å²) in [7, 11) is 0. The first-order chi connectivity index (χ1) is 15.2. The Bertz CT molecular complexity index is 1150. The second kappa shape index (κ2) is 8.44. The van der Waals surface area contributed by atoms with Crippen molar-refractivity contribution in [2.75, 3.05) is 26.3 Å². The van der Waals surface area contributed by atoms with Crippen LogP contribution in [-0.2, 0) is 4.74 Å². The fourth-order valence-electron chi connectivity index (χ4n) is 4.47. The molecule has 3 aromatic rings. The lowest BCUT2D eigenvalue weighted by molar-refractivity contribution is 0.0254.